The minimum Gasteiger partial charge on any atom is -0.370 e. The molecule has 0 saturated heterocycles. The Bertz CT molecular complexity index is 856. The van der Waals surface area contributed by atoms with Gasteiger partial charge >= 0.3 is 0 Å². The summed E-state index contributed by atoms with van der Waals surface area (Å²) in [7, 11) is 0. The van der Waals surface area contributed by atoms with Crippen molar-refractivity contribution in [2.45, 2.75) is 6.42 Å². The van der Waals surface area contributed by atoms with Crippen molar-refractivity contribution in [3.05, 3.63) is 76.2 Å². The van der Waals surface area contributed by atoms with Gasteiger partial charge in [-0.1, -0.05) is 29.3 Å². The first-order valence-electron chi connectivity index (χ1n) is 7.63. The van der Waals surface area contributed by atoms with E-state index in [1.807, 2.05) is 12.1 Å². The van der Waals surface area contributed by atoms with E-state index in [1.165, 1.54) is 12.1 Å². The summed E-state index contributed by atoms with van der Waals surface area (Å²) in [6.07, 6.45) is 2.39. The molecule has 7 heteroatoms. The van der Waals surface area contributed by atoms with Crippen LogP contribution in [0.4, 0.5) is 21.8 Å². The lowest BCUT2D eigenvalue weighted by atomic mass is 10.1. The summed E-state index contributed by atoms with van der Waals surface area (Å²) in [4.78, 5) is 8.53. The average Bonchev–Trinajstić information content (AvgIpc) is 2.59. The number of hydrogen-bond donors (Lipinski definition) is 2. The number of anilines is 3. The molecule has 0 saturated carbocycles. The number of nitrogens with one attached hydrogen (secondary N) is 2. The maximum Gasteiger partial charge on any atom is 0.229 e. The maximum absolute atomic E-state index is 12.9. The molecule has 0 fully saturated rings. The molecule has 128 valence electrons. The summed E-state index contributed by atoms with van der Waals surface area (Å²) in [5.74, 6) is 0.827. The van der Waals surface area contributed by atoms with Gasteiger partial charge in [0.1, 0.15) is 11.6 Å². The molecular formula is C18H15Cl2FN4. The number of rotatable bonds is 6. The molecule has 3 rings (SSSR count). The fourth-order valence-corrected chi connectivity index (χ4v) is 2.73. The lowest BCUT2D eigenvalue weighted by molar-refractivity contribution is 0.628. The van der Waals surface area contributed by atoms with Gasteiger partial charge in [0.15, 0.2) is 0 Å². The second kappa shape index (κ2) is 8.14. The van der Waals surface area contributed by atoms with Crippen LogP contribution in [0.3, 0.4) is 0 Å². The second-order valence-corrected chi connectivity index (χ2v) is 6.15. The third kappa shape index (κ3) is 5.05. The standard InChI is InChI=1S/C18H15Cl2FN4/c19-13-2-1-12(16(20)11-13)7-9-22-17-8-10-23-18(25-17)24-15-5-3-14(21)4-6-15/h1-6,8,10-11H,7,9H2,(H2,22,23,24,25). The smallest absolute Gasteiger partial charge is 0.229 e. The van der Waals surface area contributed by atoms with E-state index in [-0.39, 0.29) is 5.82 Å². The topological polar surface area (TPSA) is 49.8 Å². The minimum atomic E-state index is -0.289. The second-order valence-electron chi connectivity index (χ2n) is 5.31. The maximum atomic E-state index is 12.9. The van der Waals surface area contributed by atoms with Crippen LogP contribution in [0.5, 0.6) is 0 Å². The van der Waals surface area contributed by atoms with Gasteiger partial charge in [0.2, 0.25) is 5.95 Å². The van der Waals surface area contributed by atoms with Crippen LogP contribution in [0.1, 0.15) is 5.56 Å². The Labute approximate surface area is 155 Å². The summed E-state index contributed by atoms with van der Waals surface area (Å²) in [5, 5.41) is 7.53. The Kier molecular flexibility index (Phi) is 5.68. The van der Waals surface area contributed by atoms with Crippen molar-refractivity contribution in [3.63, 3.8) is 0 Å². The van der Waals surface area contributed by atoms with Gasteiger partial charge in [0.25, 0.3) is 0 Å². The third-order valence-corrected chi connectivity index (χ3v) is 4.06. The van der Waals surface area contributed by atoms with Crippen LogP contribution in [0, 0.1) is 5.82 Å². The van der Waals surface area contributed by atoms with Crippen LogP contribution < -0.4 is 10.6 Å². The van der Waals surface area contributed by atoms with Crippen LogP contribution in [0.2, 0.25) is 10.0 Å². The molecule has 0 aliphatic rings. The van der Waals surface area contributed by atoms with Crippen LogP contribution >= 0.6 is 23.2 Å². The van der Waals surface area contributed by atoms with Gasteiger partial charge in [-0.05, 0) is 54.4 Å². The van der Waals surface area contributed by atoms with Crippen LogP contribution in [0.25, 0.3) is 0 Å². The van der Waals surface area contributed by atoms with Gasteiger partial charge in [-0.25, -0.2) is 9.37 Å². The fourth-order valence-electron chi connectivity index (χ4n) is 2.23. The number of hydrogen-bond acceptors (Lipinski definition) is 4. The quantitative estimate of drug-likeness (QED) is 0.610. The van der Waals surface area contributed by atoms with Crippen LogP contribution in [-0.4, -0.2) is 16.5 Å². The van der Waals surface area contributed by atoms with Gasteiger partial charge in [-0.3, -0.25) is 0 Å². The molecule has 1 aromatic heterocycles. The highest BCUT2D eigenvalue weighted by Gasteiger charge is 2.03. The largest absolute Gasteiger partial charge is 0.370 e. The predicted octanol–water partition coefficient (Wildman–Crippen LogP) is 5.32. The van der Waals surface area contributed by atoms with Crippen molar-refractivity contribution in [1.29, 1.82) is 0 Å². The van der Waals surface area contributed by atoms with Gasteiger partial charge < -0.3 is 10.6 Å². The van der Waals surface area contributed by atoms with Crippen molar-refractivity contribution in [2.75, 3.05) is 17.2 Å². The summed E-state index contributed by atoms with van der Waals surface area (Å²) in [5.41, 5.74) is 1.73. The molecule has 0 atom stereocenters. The first-order chi connectivity index (χ1) is 12.1. The van der Waals surface area contributed by atoms with E-state index in [0.29, 0.717) is 34.0 Å². The molecule has 0 radical (unpaired) electrons. The average molecular weight is 377 g/mol. The highest BCUT2D eigenvalue weighted by Crippen LogP contribution is 2.21. The zero-order valence-corrected chi connectivity index (χ0v) is 14.7. The van der Waals surface area contributed by atoms with E-state index in [9.17, 15) is 4.39 Å². The highest BCUT2D eigenvalue weighted by atomic mass is 35.5. The van der Waals surface area contributed by atoms with Crippen molar-refractivity contribution < 1.29 is 4.39 Å². The van der Waals surface area contributed by atoms with Gasteiger partial charge in [-0.15, -0.1) is 0 Å². The molecule has 2 aromatic carbocycles. The van der Waals surface area contributed by atoms with E-state index in [0.717, 1.165) is 12.0 Å². The van der Waals surface area contributed by atoms with Gasteiger partial charge in [-0.2, -0.15) is 4.98 Å². The monoisotopic (exact) mass is 376 g/mol. The number of benzene rings is 2. The summed E-state index contributed by atoms with van der Waals surface area (Å²) in [6, 6.07) is 13.2. The SMILES string of the molecule is Fc1ccc(Nc2nccc(NCCc3ccc(Cl)cc3Cl)n2)cc1. The molecule has 0 bridgehead atoms. The van der Waals surface area contributed by atoms with Crippen molar-refractivity contribution in [3.8, 4) is 0 Å². The Morgan fingerprint density at radius 3 is 2.56 bits per heavy atom. The van der Waals surface area contributed by atoms with E-state index >= 15 is 0 Å². The van der Waals surface area contributed by atoms with E-state index in [2.05, 4.69) is 20.6 Å². The Hall–Kier alpha value is -2.37. The fraction of sp³-hybridized carbons (Fsp3) is 0.111. The molecular weight excluding hydrogens is 362 g/mol. The molecule has 1 heterocycles. The van der Waals surface area contributed by atoms with Crippen molar-refractivity contribution in [2.24, 2.45) is 0 Å². The van der Waals surface area contributed by atoms with Crippen LogP contribution in [-0.2, 0) is 6.42 Å². The first kappa shape index (κ1) is 17.5. The van der Waals surface area contributed by atoms with E-state index < -0.39 is 0 Å². The summed E-state index contributed by atoms with van der Waals surface area (Å²) < 4.78 is 12.9. The normalized spacial score (nSPS) is 10.5. The number of aromatic nitrogens is 2. The molecule has 0 amide bonds. The molecule has 25 heavy (non-hydrogen) atoms. The lowest BCUT2D eigenvalue weighted by Crippen LogP contribution is -2.08. The van der Waals surface area contributed by atoms with Gasteiger partial charge in [0.05, 0.1) is 0 Å². The highest BCUT2D eigenvalue weighted by molar-refractivity contribution is 6.35. The van der Waals surface area contributed by atoms with E-state index in [4.69, 9.17) is 23.2 Å². The zero-order chi connectivity index (χ0) is 17.6. The van der Waals surface area contributed by atoms with Crippen molar-refractivity contribution in [1.82, 2.24) is 9.97 Å². The molecule has 0 spiro atoms. The summed E-state index contributed by atoms with van der Waals surface area (Å²) >= 11 is 12.1. The molecule has 4 nitrogen and oxygen atoms in total. The predicted molar refractivity (Wildman–Crippen MR) is 100 cm³/mol. The summed E-state index contributed by atoms with van der Waals surface area (Å²) in [6.45, 7) is 0.661. The lowest BCUT2D eigenvalue weighted by Gasteiger charge is -2.09. The molecule has 2 N–H and O–H groups in total. The Balaban J connectivity index is 1.59. The minimum absolute atomic E-state index is 0.289. The van der Waals surface area contributed by atoms with Gasteiger partial charge in [0, 0.05) is 28.5 Å². The Morgan fingerprint density at radius 2 is 1.80 bits per heavy atom. The molecule has 0 aliphatic heterocycles. The van der Waals surface area contributed by atoms with Crippen LogP contribution in [0.15, 0.2) is 54.7 Å². The Morgan fingerprint density at radius 1 is 1.00 bits per heavy atom. The number of halogens is 3. The third-order valence-electron chi connectivity index (χ3n) is 3.47. The zero-order valence-electron chi connectivity index (χ0n) is 13.1. The first-order valence-corrected chi connectivity index (χ1v) is 8.39. The molecule has 3 aromatic rings. The number of nitrogens with zero attached hydrogens (tertiary/aromatic N) is 2. The van der Waals surface area contributed by atoms with Crippen molar-refractivity contribution >= 4 is 40.7 Å². The molecule has 0 unspecified atom stereocenters. The van der Waals surface area contributed by atoms with E-state index in [1.54, 1.807) is 30.5 Å². The molecule has 0 aliphatic carbocycles.